The van der Waals surface area contributed by atoms with E-state index in [1.165, 1.54) is 44.9 Å². The van der Waals surface area contributed by atoms with E-state index >= 15 is 0 Å². The van der Waals surface area contributed by atoms with Gasteiger partial charge in [-0.2, -0.15) is 5.26 Å². The zero-order chi connectivity index (χ0) is 13.7. The molecule has 0 spiro atoms. The zero-order valence-electron chi connectivity index (χ0n) is 11.7. The molecule has 0 saturated carbocycles. The average molecular weight is 273 g/mol. The van der Waals surface area contributed by atoms with Gasteiger partial charge in [-0.3, -0.25) is 0 Å². The van der Waals surface area contributed by atoms with Crippen molar-refractivity contribution in [3.63, 3.8) is 0 Å². The third-order valence-electron chi connectivity index (χ3n) is 3.09. The van der Waals surface area contributed by atoms with Crippen molar-refractivity contribution in [2.75, 3.05) is 11.5 Å². The molecule has 106 valence electrons. The molecule has 0 heterocycles. The zero-order valence-corrected chi connectivity index (χ0v) is 12.5. The van der Waals surface area contributed by atoms with Gasteiger partial charge in [-0.15, -0.1) is 0 Å². The van der Waals surface area contributed by atoms with Crippen LogP contribution >= 0.6 is 0 Å². The molecule has 0 aromatic carbocycles. The summed E-state index contributed by atoms with van der Waals surface area (Å²) >= 11 is 0. The normalized spacial score (nSPS) is 11.3. The van der Waals surface area contributed by atoms with Crippen LogP contribution in [0.25, 0.3) is 0 Å². The van der Waals surface area contributed by atoms with Gasteiger partial charge in [0.05, 0.1) is 11.8 Å². The van der Waals surface area contributed by atoms with Crippen molar-refractivity contribution in [1.29, 1.82) is 5.26 Å². The third-order valence-corrected chi connectivity index (χ3v) is 4.57. The molecule has 0 aliphatic heterocycles. The summed E-state index contributed by atoms with van der Waals surface area (Å²) in [4.78, 5) is 0. The molecule has 0 N–H and O–H groups in total. The Hall–Kier alpha value is -0.560. The molecule has 4 heteroatoms. The van der Waals surface area contributed by atoms with Crippen LogP contribution in [0.2, 0.25) is 0 Å². The highest BCUT2D eigenvalue weighted by Gasteiger charge is 2.08. The predicted octanol–water partition coefficient (Wildman–Crippen LogP) is 3.85. The Morgan fingerprint density at radius 1 is 0.833 bits per heavy atom. The molecule has 0 aliphatic carbocycles. The second-order valence-corrected chi connectivity index (χ2v) is 7.12. The monoisotopic (exact) mass is 273 g/mol. The summed E-state index contributed by atoms with van der Waals surface area (Å²) in [5.41, 5.74) is 0. The second kappa shape index (κ2) is 11.5. The minimum atomic E-state index is -3.10. The number of rotatable bonds is 12. The Morgan fingerprint density at radius 3 is 1.72 bits per heavy atom. The largest absolute Gasteiger partial charge is 0.228 e. The van der Waals surface area contributed by atoms with Gasteiger partial charge < -0.3 is 0 Å². The summed E-state index contributed by atoms with van der Waals surface area (Å²) in [6, 6.07) is 1.71. The van der Waals surface area contributed by atoms with E-state index in [0.717, 1.165) is 12.8 Å². The molecule has 0 rings (SSSR count). The van der Waals surface area contributed by atoms with E-state index in [0.29, 0.717) is 6.42 Å². The second-order valence-electron chi connectivity index (χ2n) is 4.93. The SMILES string of the molecule is CCCCCCCCCCCCS(=O)(=O)CC#N. The fourth-order valence-corrected chi connectivity index (χ4v) is 2.96. The molecule has 0 atom stereocenters. The molecule has 0 aromatic rings. The molecule has 0 unspecified atom stereocenters. The standard InChI is InChI=1S/C14H27NO2S/c1-2-3-4-5-6-7-8-9-10-11-13-18(16,17)14-12-15/h2-11,13-14H2,1H3. The Bertz CT molecular complexity index is 317. The molecule has 3 nitrogen and oxygen atoms in total. The van der Waals surface area contributed by atoms with E-state index in [9.17, 15) is 8.42 Å². The van der Waals surface area contributed by atoms with Crippen LogP contribution in [0.4, 0.5) is 0 Å². The highest BCUT2D eigenvalue weighted by Crippen LogP contribution is 2.10. The summed E-state index contributed by atoms with van der Waals surface area (Å²) in [7, 11) is -3.10. The highest BCUT2D eigenvalue weighted by molar-refractivity contribution is 7.91. The van der Waals surface area contributed by atoms with Gasteiger partial charge in [0.2, 0.25) is 0 Å². The fourth-order valence-electron chi connectivity index (χ4n) is 1.98. The van der Waals surface area contributed by atoms with Crippen LogP contribution in [0.3, 0.4) is 0 Å². The van der Waals surface area contributed by atoms with Crippen molar-refractivity contribution in [2.45, 2.75) is 71.1 Å². The smallest absolute Gasteiger partial charge is 0.163 e. The molecule has 0 bridgehead atoms. The van der Waals surface area contributed by atoms with Gasteiger partial charge in [-0.1, -0.05) is 64.7 Å². The van der Waals surface area contributed by atoms with E-state index in [2.05, 4.69) is 6.92 Å². The van der Waals surface area contributed by atoms with Crippen molar-refractivity contribution >= 4 is 9.84 Å². The van der Waals surface area contributed by atoms with Crippen molar-refractivity contribution in [3.05, 3.63) is 0 Å². The lowest BCUT2D eigenvalue weighted by Crippen LogP contribution is -2.09. The van der Waals surface area contributed by atoms with E-state index in [-0.39, 0.29) is 11.5 Å². The maximum atomic E-state index is 11.2. The van der Waals surface area contributed by atoms with Crippen LogP contribution < -0.4 is 0 Å². The van der Waals surface area contributed by atoms with Crippen LogP contribution in [0.15, 0.2) is 0 Å². The minimum Gasteiger partial charge on any atom is -0.228 e. The van der Waals surface area contributed by atoms with E-state index in [4.69, 9.17) is 5.26 Å². The lowest BCUT2D eigenvalue weighted by atomic mass is 10.1. The maximum absolute atomic E-state index is 11.2. The molecule has 0 amide bonds. The van der Waals surface area contributed by atoms with Gasteiger partial charge in [0.1, 0.15) is 5.75 Å². The van der Waals surface area contributed by atoms with Crippen LogP contribution in [0, 0.1) is 11.3 Å². The predicted molar refractivity (Wildman–Crippen MR) is 76.1 cm³/mol. The van der Waals surface area contributed by atoms with E-state index < -0.39 is 9.84 Å². The number of nitriles is 1. The van der Waals surface area contributed by atoms with Gasteiger partial charge in [-0.05, 0) is 6.42 Å². The molecular formula is C14H27NO2S. The first kappa shape index (κ1) is 17.4. The minimum absolute atomic E-state index is 0.178. The number of hydrogen-bond acceptors (Lipinski definition) is 3. The lowest BCUT2D eigenvalue weighted by Gasteiger charge is -2.02. The Labute approximate surface area is 113 Å². The van der Waals surface area contributed by atoms with Gasteiger partial charge in [-0.25, -0.2) is 8.42 Å². The number of hydrogen-bond donors (Lipinski definition) is 0. The van der Waals surface area contributed by atoms with Crippen molar-refractivity contribution in [1.82, 2.24) is 0 Å². The summed E-state index contributed by atoms with van der Waals surface area (Å²) in [6.45, 7) is 2.22. The molecular weight excluding hydrogens is 246 g/mol. The first-order chi connectivity index (χ1) is 8.62. The lowest BCUT2D eigenvalue weighted by molar-refractivity contribution is 0.558. The number of nitrogens with zero attached hydrogens (tertiary/aromatic N) is 1. The van der Waals surface area contributed by atoms with Gasteiger partial charge >= 0.3 is 0 Å². The summed E-state index contributed by atoms with van der Waals surface area (Å²) in [5, 5.41) is 8.33. The molecule has 18 heavy (non-hydrogen) atoms. The van der Waals surface area contributed by atoms with Crippen molar-refractivity contribution in [2.24, 2.45) is 0 Å². The maximum Gasteiger partial charge on any atom is 0.163 e. The highest BCUT2D eigenvalue weighted by atomic mass is 32.2. The van der Waals surface area contributed by atoms with Crippen molar-refractivity contribution in [3.8, 4) is 6.07 Å². The third kappa shape index (κ3) is 11.9. The number of unbranched alkanes of at least 4 members (excludes halogenated alkanes) is 9. The van der Waals surface area contributed by atoms with Crippen LogP contribution in [-0.4, -0.2) is 19.9 Å². The van der Waals surface area contributed by atoms with Crippen LogP contribution in [0.1, 0.15) is 71.1 Å². The van der Waals surface area contributed by atoms with Gasteiger partial charge in [0.15, 0.2) is 9.84 Å². The number of sulfone groups is 1. The fraction of sp³-hybridized carbons (Fsp3) is 0.929. The van der Waals surface area contributed by atoms with Crippen molar-refractivity contribution < 1.29 is 8.42 Å². The topological polar surface area (TPSA) is 57.9 Å². The summed E-state index contributed by atoms with van der Waals surface area (Å²) in [6.07, 6.45) is 11.9. The van der Waals surface area contributed by atoms with E-state index in [1.54, 1.807) is 6.07 Å². The summed E-state index contributed by atoms with van der Waals surface area (Å²) < 4.78 is 22.5. The first-order valence-corrected chi connectivity index (χ1v) is 9.02. The first-order valence-electron chi connectivity index (χ1n) is 7.19. The summed E-state index contributed by atoms with van der Waals surface area (Å²) in [5.74, 6) is -0.151. The molecule has 0 aromatic heterocycles. The van der Waals surface area contributed by atoms with E-state index in [1.807, 2.05) is 0 Å². The molecule has 0 radical (unpaired) electrons. The van der Waals surface area contributed by atoms with Crippen LogP contribution in [0.5, 0.6) is 0 Å². The Morgan fingerprint density at radius 2 is 1.28 bits per heavy atom. The quantitative estimate of drug-likeness (QED) is 0.507. The Balaban J connectivity index is 3.24. The van der Waals surface area contributed by atoms with Gasteiger partial charge in [0.25, 0.3) is 0 Å². The average Bonchev–Trinajstić information content (AvgIpc) is 2.31. The Kier molecular flexibility index (Phi) is 11.2. The molecule has 0 aliphatic rings. The molecule has 0 saturated heterocycles. The molecule has 0 fully saturated rings. The van der Waals surface area contributed by atoms with Crippen LogP contribution in [-0.2, 0) is 9.84 Å². The van der Waals surface area contributed by atoms with Gasteiger partial charge in [0, 0.05) is 0 Å².